The summed E-state index contributed by atoms with van der Waals surface area (Å²) in [5, 5.41) is 7.52. The summed E-state index contributed by atoms with van der Waals surface area (Å²) in [4.78, 5) is 15.5. The highest BCUT2D eigenvalue weighted by atomic mass is 79.9. The quantitative estimate of drug-likeness (QED) is 0.463. The van der Waals surface area contributed by atoms with E-state index in [1.165, 1.54) is 5.69 Å². The number of ether oxygens (including phenoxy) is 1. The van der Waals surface area contributed by atoms with E-state index in [-0.39, 0.29) is 0 Å². The second-order valence-electron chi connectivity index (χ2n) is 7.05. The number of nitrogens with one attached hydrogen (secondary N) is 1. The Morgan fingerprint density at radius 2 is 1.77 bits per heavy atom. The first-order chi connectivity index (χ1) is 15.2. The van der Waals surface area contributed by atoms with Crippen LogP contribution in [0.4, 0.5) is 17.3 Å². The molecular weight excluding hydrogens is 458 g/mol. The van der Waals surface area contributed by atoms with Gasteiger partial charge in [0.25, 0.3) is 0 Å². The molecule has 0 amide bonds. The molecule has 0 bridgehead atoms. The maximum absolute atomic E-state index is 5.46. The van der Waals surface area contributed by atoms with Crippen LogP contribution in [0.1, 0.15) is 0 Å². The summed E-state index contributed by atoms with van der Waals surface area (Å²) < 4.78 is 7.72. The minimum Gasteiger partial charge on any atom is -0.378 e. The molecule has 0 unspecified atom stereocenters. The number of halogens is 1. The molecule has 0 radical (unpaired) electrons. The fourth-order valence-corrected chi connectivity index (χ4v) is 3.72. The molecular formula is C22H20BrN7O. The van der Waals surface area contributed by atoms with E-state index in [2.05, 4.69) is 65.5 Å². The smallest absolute Gasteiger partial charge is 0.227 e. The largest absolute Gasteiger partial charge is 0.378 e. The highest BCUT2D eigenvalue weighted by Gasteiger charge is 2.12. The second-order valence-corrected chi connectivity index (χ2v) is 7.75. The van der Waals surface area contributed by atoms with Crippen LogP contribution in [0.15, 0.2) is 71.9 Å². The van der Waals surface area contributed by atoms with Crippen molar-refractivity contribution < 1.29 is 4.74 Å². The van der Waals surface area contributed by atoms with Gasteiger partial charge in [0, 0.05) is 36.2 Å². The van der Waals surface area contributed by atoms with Crippen molar-refractivity contribution in [2.45, 2.75) is 0 Å². The molecule has 9 heteroatoms. The molecule has 1 fully saturated rings. The first-order valence-corrected chi connectivity index (χ1v) is 10.7. The van der Waals surface area contributed by atoms with E-state index < -0.39 is 0 Å². The van der Waals surface area contributed by atoms with Crippen LogP contribution < -0.4 is 10.2 Å². The average Bonchev–Trinajstić information content (AvgIpc) is 3.27. The molecule has 0 spiro atoms. The summed E-state index contributed by atoms with van der Waals surface area (Å²) in [5.41, 5.74) is 4.92. The molecule has 5 rings (SSSR count). The zero-order valence-electron chi connectivity index (χ0n) is 16.6. The third-order valence-corrected chi connectivity index (χ3v) is 5.39. The standard InChI is InChI=1S/C22H20BrN7O/c23-21-25-15-30(28-21)18-6-4-17(5-7-18)26-22-24-9-8-20(27-22)16-2-1-3-19(14-16)29-10-12-31-13-11-29/h1-9,14-15H,10-13H2,(H,24,26,27). The van der Waals surface area contributed by atoms with Crippen molar-refractivity contribution in [3.8, 4) is 16.9 Å². The second kappa shape index (κ2) is 8.83. The number of hydrogen-bond acceptors (Lipinski definition) is 7. The van der Waals surface area contributed by atoms with E-state index in [1.807, 2.05) is 30.3 Å². The van der Waals surface area contributed by atoms with Crippen molar-refractivity contribution in [3.05, 3.63) is 71.9 Å². The highest BCUT2D eigenvalue weighted by Crippen LogP contribution is 2.25. The zero-order valence-corrected chi connectivity index (χ0v) is 18.2. The first kappa shape index (κ1) is 19.7. The summed E-state index contributed by atoms with van der Waals surface area (Å²) in [5.74, 6) is 0.547. The third-order valence-electron chi connectivity index (χ3n) is 5.03. The number of hydrogen-bond donors (Lipinski definition) is 1. The fourth-order valence-electron chi connectivity index (χ4n) is 3.46. The number of anilines is 3. The van der Waals surface area contributed by atoms with Crippen LogP contribution in [0.5, 0.6) is 0 Å². The normalized spacial score (nSPS) is 13.9. The van der Waals surface area contributed by atoms with E-state index in [1.54, 1.807) is 17.2 Å². The molecule has 1 N–H and O–H groups in total. The Hall–Kier alpha value is -3.30. The van der Waals surface area contributed by atoms with Crippen LogP contribution in [0.25, 0.3) is 16.9 Å². The molecule has 8 nitrogen and oxygen atoms in total. The molecule has 0 saturated carbocycles. The van der Waals surface area contributed by atoms with Crippen molar-refractivity contribution in [1.29, 1.82) is 0 Å². The van der Waals surface area contributed by atoms with Gasteiger partial charge in [0.1, 0.15) is 6.33 Å². The molecule has 0 atom stereocenters. The van der Waals surface area contributed by atoms with Crippen LogP contribution in [0.3, 0.4) is 0 Å². The van der Waals surface area contributed by atoms with Crippen LogP contribution in [-0.4, -0.2) is 51.0 Å². The van der Waals surface area contributed by atoms with Gasteiger partial charge in [-0.05, 0) is 58.4 Å². The Bertz CT molecular complexity index is 1170. The summed E-state index contributed by atoms with van der Waals surface area (Å²) in [7, 11) is 0. The van der Waals surface area contributed by atoms with Crippen LogP contribution in [0, 0.1) is 0 Å². The van der Waals surface area contributed by atoms with Gasteiger partial charge in [0.15, 0.2) is 0 Å². The Kier molecular flexibility index (Phi) is 5.59. The Morgan fingerprint density at radius 3 is 2.55 bits per heavy atom. The lowest BCUT2D eigenvalue weighted by atomic mass is 10.1. The van der Waals surface area contributed by atoms with Gasteiger partial charge in [-0.15, -0.1) is 5.10 Å². The predicted octanol–water partition coefficient (Wildman–Crippen LogP) is 4.07. The maximum Gasteiger partial charge on any atom is 0.227 e. The van der Waals surface area contributed by atoms with E-state index in [9.17, 15) is 0 Å². The molecule has 2 aromatic carbocycles. The minimum absolute atomic E-state index is 0.547. The van der Waals surface area contributed by atoms with Crippen LogP contribution in [-0.2, 0) is 4.74 Å². The van der Waals surface area contributed by atoms with Crippen molar-refractivity contribution in [1.82, 2.24) is 24.7 Å². The zero-order chi connectivity index (χ0) is 21.0. The molecule has 1 saturated heterocycles. The van der Waals surface area contributed by atoms with Gasteiger partial charge in [-0.2, -0.15) is 0 Å². The summed E-state index contributed by atoms with van der Waals surface area (Å²) in [6.45, 7) is 3.33. The topological polar surface area (TPSA) is 81.0 Å². The van der Waals surface area contributed by atoms with Gasteiger partial charge < -0.3 is 15.0 Å². The van der Waals surface area contributed by atoms with E-state index in [0.717, 1.165) is 48.9 Å². The van der Waals surface area contributed by atoms with E-state index in [0.29, 0.717) is 10.7 Å². The highest BCUT2D eigenvalue weighted by molar-refractivity contribution is 9.10. The lowest BCUT2D eigenvalue weighted by Crippen LogP contribution is -2.36. The number of aromatic nitrogens is 5. The van der Waals surface area contributed by atoms with Gasteiger partial charge >= 0.3 is 0 Å². The van der Waals surface area contributed by atoms with Crippen molar-refractivity contribution >= 4 is 33.3 Å². The van der Waals surface area contributed by atoms with Crippen LogP contribution in [0.2, 0.25) is 0 Å². The first-order valence-electron chi connectivity index (χ1n) is 9.95. The summed E-state index contributed by atoms with van der Waals surface area (Å²) >= 11 is 3.26. The molecule has 2 aromatic heterocycles. The van der Waals surface area contributed by atoms with Crippen molar-refractivity contribution in [2.75, 3.05) is 36.5 Å². The molecule has 0 aliphatic carbocycles. The third kappa shape index (κ3) is 4.57. The molecule has 4 aromatic rings. The van der Waals surface area contributed by atoms with Crippen LogP contribution >= 0.6 is 15.9 Å². The molecule has 3 heterocycles. The van der Waals surface area contributed by atoms with E-state index >= 15 is 0 Å². The molecule has 1 aliphatic rings. The van der Waals surface area contributed by atoms with Gasteiger partial charge in [-0.1, -0.05) is 12.1 Å². The van der Waals surface area contributed by atoms with E-state index in [4.69, 9.17) is 9.72 Å². The molecule has 1 aliphatic heterocycles. The Balaban J connectivity index is 1.33. The minimum atomic E-state index is 0.547. The summed E-state index contributed by atoms with van der Waals surface area (Å²) in [6.07, 6.45) is 3.43. The van der Waals surface area contributed by atoms with Crippen molar-refractivity contribution in [3.63, 3.8) is 0 Å². The predicted molar refractivity (Wildman–Crippen MR) is 123 cm³/mol. The van der Waals surface area contributed by atoms with Gasteiger partial charge in [-0.3, -0.25) is 0 Å². The number of morpholine rings is 1. The monoisotopic (exact) mass is 477 g/mol. The average molecular weight is 478 g/mol. The fraction of sp³-hybridized carbons (Fsp3) is 0.182. The Morgan fingerprint density at radius 1 is 0.935 bits per heavy atom. The lowest BCUT2D eigenvalue weighted by Gasteiger charge is -2.29. The van der Waals surface area contributed by atoms with Crippen molar-refractivity contribution in [2.24, 2.45) is 0 Å². The van der Waals surface area contributed by atoms with Gasteiger partial charge in [0.05, 0.1) is 24.6 Å². The van der Waals surface area contributed by atoms with Gasteiger partial charge in [0.2, 0.25) is 10.7 Å². The summed E-state index contributed by atoms with van der Waals surface area (Å²) in [6, 6.07) is 18.2. The lowest BCUT2D eigenvalue weighted by molar-refractivity contribution is 0.122. The maximum atomic E-state index is 5.46. The molecule has 156 valence electrons. The number of nitrogens with zero attached hydrogens (tertiary/aromatic N) is 6. The van der Waals surface area contributed by atoms with Gasteiger partial charge in [-0.25, -0.2) is 19.6 Å². The number of rotatable bonds is 5. The number of benzene rings is 2. The Labute approximate surface area is 188 Å². The SMILES string of the molecule is Brc1ncn(-c2ccc(Nc3nccc(-c4cccc(N5CCOCC5)c4)n3)cc2)n1. The molecule has 31 heavy (non-hydrogen) atoms.